The molecule has 4 nitrogen and oxygen atoms in total. The van der Waals surface area contributed by atoms with Crippen LogP contribution in [0.1, 0.15) is 44.3 Å². The molecule has 1 saturated heterocycles. The van der Waals surface area contributed by atoms with Crippen molar-refractivity contribution >= 4 is 0 Å². The van der Waals surface area contributed by atoms with Gasteiger partial charge in [-0.2, -0.15) is 0 Å². The average Bonchev–Trinajstić information content (AvgIpc) is 2.58. The minimum Gasteiger partial charge on any atom is -0.494 e. The molecule has 0 radical (unpaired) electrons. The summed E-state index contributed by atoms with van der Waals surface area (Å²) >= 11 is 0. The van der Waals surface area contributed by atoms with Crippen LogP contribution in [0.2, 0.25) is 0 Å². The first-order chi connectivity index (χ1) is 11.1. The first-order valence-electron chi connectivity index (χ1n) is 8.89. The van der Waals surface area contributed by atoms with Gasteiger partial charge in [-0.3, -0.25) is 0 Å². The van der Waals surface area contributed by atoms with Crippen LogP contribution in [-0.4, -0.2) is 61.3 Å². The Morgan fingerprint density at radius 3 is 2.52 bits per heavy atom. The second-order valence-corrected chi connectivity index (χ2v) is 6.74. The summed E-state index contributed by atoms with van der Waals surface area (Å²) in [7, 11) is 4.37. The first-order valence-corrected chi connectivity index (χ1v) is 8.89. The Bertz CT molecular complexity index is 441. The van der Waals surface area contributed by atoms with Crippen LogP contribution >= 0.6 is 0 Å². The van der Waals surface area contributed by atoms with Crippen LogP contribution in [-0.2, 0) is 0 Å². The Morgan fingerprint density at radius 1 is 1.26 bits per heavy atom. The molecule has 1 fully saturated rings. The van der Waals surface area contributed by atoms with Crippen molar-refractivity contribution in [2.75, 3.05) is 40.3 Å². The van der Waals surface area contributed by atoms with Crippen LogP contribution in [0, 0.1) is 0 Å². The summed E-state index contributed by atoms with van der Waals surface area (Å²) in [4.78, 5) is 4.80. The number of rotatable bonds is 8. The predicted molar refractivity (Wildman–Crippen MR) is 95.0 cm³/mol. The molecule has 1 aromatic rings. The van der Waals surface area contributed by atoms with E-state index in [4.69, 9.17) is 4.74 Å². The van der Waals surface area contributed by atoms with E-state index in [0.717, 1.165) is 37.3 Å². The van der Waals surface area contributed by atoms with Gasteiger partial charge >= 0.3 is 0 Å². The van der Waals surface area contributed by atoms with Gasteiger partial charge in [0.1, 0.15) is 5.75 Å². The van der Waals surface area contributed by atoms with Crippen LogP contribution in [0.3, 0.4) is 0 Å². The van der Waals surface area contributed by atoms with Gasteiger partial charge in [0.2, 0.25) is 0 Å². The maximum Gasteiger partial charge on any atom is 0.119 e. The highest BCUT2D eigenvalue weighted by Crippen LogP contribution is 2.22. The normalized spacial score (nSPS) is 18.3. The minimum atomic E-state index is -0.399. The zero-order valence-corrected chi connectivity index (χ0v) is 14.9. The third kappa shape index (κ3) is 5.79. The van der Waals surface area contributed by atoms with Gasteiger partial charge < -0.3 is 19.6 Å². The summed E-state index contributed by atoms with van der Waals surface area (Å²) in [5, 5.41) is 10.4. The molecule has 1 aliphatic heterocycles. The predicted octanol–water partition coefficient (Wildman–Crippen LogP) is 2.92. The second-order valence-electron chi connectivity index (χ2n) is 6.74. The summed E-state index contributed by atoms with van der Waals surface area (Å²) in [5.74, 6) is 0.881. The molecule has 23 heavy (non-hydrogen) atoms. The zero-order valence-electron chi connectivity index (χ0n) is 14.9. The van der Waals surface area contributed by atoms with Gasteiger partial charge in [0.25, 0.3) is 0 Å². The molecule has 4 heteroatoms. The highest BCUT2D eigenvalue weighted by atomic mass is 16.5. The van der Waals surface area contributed by atoms with E-state index in [1.807, 2.05) is 24.3 Å². The number of nitrogens with zero attached hydrogens (tertiary/aromatic N) is 2. The van der Waals surface area contributed by atoms with Crippen LogP contribution in [0.4, 0.5) is 0 Å². The van der Waals surface area contributed by atoms with Crippen molar-refractivity contribution in [3.05, 3.63) is 29.8 Å². The van der Waals surface area contributed by atoms with Crippen LogP contribution in [0.5, 0.6) is 5.75 Å². The van der Waals surface area contributed by atoms with Gasteiger partial charge in [0.05, 0.1) is 12.7 Å². The van der Waals surface area contributed by atoms with Crippen LogP contribution in [0.15, 0.2) is 24.3 Å². The molecule has 1 aromatic carbocycles. The molecule has 0 bridgehead atoms. The maximum atomic E-state index is 10.4. The van der Waals surface area contributed by atoms with Crippen molar-refractivity contribution in [1.82, 2.24) is 9.80 Å². The number of aliphatic hydroxyl groups is 1. The molecule has 0 spiro atoms. The monoisotopic (exact) mass is 320 g/mol. The molecule has 1 aliphatic rings. The van der Waals surface area contributed by atoms with Crippen LogP contribution < -0.4 is 4.74 Å². The van der Waals surface area contributed by atoms with E-state index in [-0.39, 0.29) is 0 Å². The fourth-order valence-electron chi connectivity index (χ4n) is 3.12. The molecule has 0 aromatic heterocycles. The lowest BCUT2D eigenvalue weighted by atomic mass is 10.0. The van der Waals surface area contributed by atoms with Crippen molar-refractivity contribution in [3.8, 4) is 5.75 Å². The third-order valence-electron chi connectivity index (χ3n) is 4.80. The molecule has 130 valence electrons. The van der Waals surface area contributed by atoms with Crippen molar-refractivity contribution in [2.45, 2.75) is 44.8 Å². The van der Waals surface area contributed by atoms with Crippen molar-refractivity contribution in [3.63, 3.8) is 0 Å². The van der Waals surface area contributed by atoms with E-state index in [0.29, 0.717) is 6.04 Å². The Balaban J connectivity index is 1.76. The van der Waals surface area contributed by atoms with Gasteiger partial charge in [0.15, 0.2) is 0 Å². The van der Waals surface area contributed by atoms with Gasteiger partial charge in [-0.05, 0) is 70.6 Å². The zero-order chi connectivity index (χ0) is 16.7. The number of ether oxygens (including phenoxy) is 1. The van der Waals surface area contributed by atoms with E-state index in [9.17, 15) is 5.11 Å². The number of piperidine rings is 1. The highest BCUT2D eigenvalue weighted by Gasteiger charge is 2.21. The molecule has 0 amide bonds. The SMILES string of the molecule is CCCOc1ccc(C(O)CCN(C)C2CCN(C)CC2)cc1. The highest BCUT2D eigenvalue weighted by molar-refractivity contribution is 5.28. The summed E-state index contributed by atoms with van der Waals surface area (Å²) in [6.45, 7) is 6.12. The lowest BCUT2D eigenvalue weighted by Crippen LogP contribution is -2.42. The molecule has 1 atom stereocenters. The second kappa shape index (κ2) is 9.26. The largest absolute Gasteiger partial charge is 0.494 e. The summed E-state index contributed by atoms with van der Waals surface area (Å²) in [6, 6.07) is 8.52. The molecule has 0 saturated carbocycles. The van der Waals surface area contributed by atoms with Gasteiger partial charge in [-0.1, -0.05) is 19.1 Å². The number of hydrogen-bond donors (Lipinski definition) is 1. The topological polar surface area (TPSA) is 35.9 Å². The Morgan fingerprint density at radius 2 is 1.91 bits per heavy atom. The summed E-state index contributed by atoms with van der Waals surface area (Å²) in [6.07, 6.45) is 3.84. The number of benzene rings is 1. The standard InChI is InChI=1S/C19H32N2O2/c1-4-15-23-18-7-5-16(6-8-18)19(22)11-14-21(3)17-9-12-20(2)13-10-17/h5-8,17,19,22H,4,9-15H2,1-3H3. The van der Waals surface area contributed by atoms with Crippen LogP contribution in [0.25, 0.3) is 0 Å². The molecule has 1 unspecified atom stereocenters. The quantitative estimate of drug-likeness (QED) is 0.799. The molecule has 1 heterocycles. The van der Waals surface area contributed by atoms with E-state index in [1.165, 1.54) is 25.9 Å². The van der Waals surface area contributed by atoms with E-state index >= 15 is 0 Å². The minimum absolute atomic E-state index is 0.399. The Labute approximate surface area is 141 Å². The Kier molecular flexibility index (Phi) is 7.34. The van der Waals surface area contributed by atoms with Gasteiger partial charge in [0, 0.05) is 12.6 Å². The smallest absolute Gasteiger partial charge is 0.119 e. The molecular weight excluding hydrogens is 288 g/mol. The van der Waals surface area contributed by atoms with Crippen molar-refractivity contribution < 1.29 is 9.84 Å². The third-order valence-corrected chi connectivity index (χ3v) is 4.80. The fraction of sp³-hybridized carbons (Fsp3) is 0.684. The lowest BCUT2D eigenvalue weighted by molar-refractivity contribution is 0.110. The van der Waals surface area contributed by atoms with E-state index in [1.54, 1.807) is 0 Å². The number of likely N-dealkylation sites (tertiary alicyclic amines) is 1. The van der Waals surface area contributed by atoms with Crippen molar-refractivity contribution in [2.24, 2.45) is 0 Å². The van der Waals surface area contributed by atoms with Gasteiger partial charge in [-0.25, -0.2) is 0 Å². The first kappa shape index (κ1) is 18.2. The molecule has 0 aliphatic carbocycles. The van der Waals surface area contributed by atoms with E-state index < -0.39 is 6.10 Å². The Hall–Kier alpha value is -1.10. The average molecular weight is 320 g/mol. The molecule has 2 rings (SSSR count). The summed E-state index contributed by atoms with van der Waals surface area (Å²) in [5.41, 5.74) is 0.977. The van der Waals surface area contributed by atoms with Crippen molar-refractivity contribution in [1.29, 1.82) is 0 Å². The maximum absolute atomic E-state index is 10.4. The molecule has 1 N–H and O–H groups in total. The molecular formula is C19H32N2O2. The van der Waals surface area contributed by atoms with E-state index in [2.05, 4.69) is 30.8 Å². The lowest BCUT2D eigenvalue weighted by Gasteiger charge is -2.35. The number of aliphatic hydroxyl groups excluding tert-OH is 1. The van der Waals surface area contributed by atoms with Gasteiger partial charge in [-0.15, -0.1) is 0 Å². The fourth-order valence-corrected chi connectivity index (χ4v) is 3.12. The number of hydrogen-bond acceptors (Lipinski definition) is 4. The summed E-state index contributed by atoms with van der Waals surface area (Å²) < 4.78 is 5.58.